The van der Waals surface area contributed by atoms with Crippen molar-refractivity contribution < 1.29 is 28.9 Å². The summed E-state index contributed by atoms with van der Waals surface area (Å²) in [6, 6.07) is -0.141. The van der Waals surface area contributed by atoms with Crippen molar-refractivity contribution >= 4 is 29.6 Å². The average Bonchev–Trinajstić information content (AvgIpc) is 3.22. The predicted octanol–water partition coefficient (Wildman–Crippen LogP) is 5.11. The maximum Gasteiger partial charge on any atom is 0.407 e. The Morgan fingerprint density at radius 1 is 1.29 bits per heavy atom. The first kappa shape index (κ1) is 33.4. The number of hydrogen-bond donors (Lipinski definition) is 2. The van der Waals surface area contributed by atoms with Crippen LogP contribution in [0, 0.1) is 11.3 Å². The number of amides is 1. The number of carbonyl (C=O) groups excluding carboxylic acids is 2. The zero-order valence-corrected chi connectivity index (χ0v) is 26.6. The average molecular weight is 595 g/mol. The van der Waals surface area contributed by atoms with Crippen LogP contribution in [0.4, 0.5) is 10.6 Å². The fraction of sp³-hybridized carbons (Fsp3) is 0.800. The minimum Gasteiger partial charge on any atom is -0.465 e. The molecule has 11 heteroatoms. The van der Waals surface area contributed by atoms with E-state index < -0.39 is 11.7 Å². The van der Waals surface area contributed by atoms with E-state index in [-0.39, 0.29) is 30.1 Å². The van der Waals surface area contributed by atoms with Crippen LogP contribution in [0.2, 0.25) is 0 Å². The molecule has 3 rings (SSSR count). The van der Waals surface area contributed by atoms with Gasteiger partial charge in [-0.3, -0.25) is 4.79 Å². The van der Waals surface area contributed by atoms with Crippen molar-refractivity contribution in [2.75, 3.05) is 37.0 Å². The van der Waals surface area contributed by atoms with Crippen LogP contribution < -0.4 is 10.2 Å². The highest BCUT2D eigenvalue weighted by molar-refractivity contribution is 7.99. The van der Waals surface area contributed by atoms with Crippen molar-refractivity contribution in [3.63, 3.8) is 0 Å². The van der Waals surface area contributed by atoms with Crippen LogP contribution in [0.15, 0.2) is 11.2 Å². The topological polar surface area (TPSA) is 123 Å². The summed E-state index contributed by atoms with van der Waals surface area (Å²) >= 11 is 1.44. The molecule has 3 heterocycles. The molecule has 0 radical (unpaired) electrons. The third kappa shape index (κ3) is 9.71. The van der Waals surface area contributed by atoms with E-state index in [1.54, 1.807) is 6.20 Å². The number of alkyl carbamates (subject to hydrolysis) is 1. The Morgan fingerprint density at radius 2 is 2.02 bits per heavy atom. The standard InChI is InChI=1S/C30H50N4O6S/c1-7-9-10-22(8-2)19-38-25(36)11-16-41-24-17-31-27(23(18-35)32-24)34-14-12-30(13-15-34)20-39-21(3)26(30)33-28(37)40-29(4,5)6/h17,21-22,26,35H,7-16,18-20H2,1-6H3,(H,33,37)/t21-,22?,26+/m0/s1. The molecule has 2 aliphatic rings. The molecule has 0 aliphatic carbocycles. The fourth-order valence-electron chi connectivity index (χ4n) is 5.57. The van der Waals surface area contributed by atoms with Crippen molar-refractivity contribution in [3.05, 3.63) is 11.9 Å². The Morgan fingerprint density at radius 3 is 2.66 bits per heavy atom. The van der Waals surface area contributed by atoms with Gasteiger partial charge in [-0.25, -0.2) is 14.8 Å². The minimum atomic E-state index is -0.567. The third-order valence-electron chi connectivity index (χ3n) is 8.02. The van der Waals surface area contributed by atoms with Crippen molar-refractivity contribution in [2.24, 2.45) is 11.3 Å². The van der Waals surface area contributed by atoms with E-state index in [4.69, 9.17) is 14.2 Å². The molecule has 0 saturated carbocycles. The van der Waals surface area contributed by atoms with Gasteiger partial charge in [0.05, 0.1) is 44.6 Å². The Bertz CT molecular complexity index is 996. The number of aromatic nitrogens is 2. The zero-order chi connectivity index (χ0) is 30.0. The van der Waals surface area contributed by atoms with Gasteiger partial charge in [-0.1, -0.05) is 33.1 Å². The Balaban J connectivity index is 1.52. The fourth-order valence-corrected chi connectivity index (χ4v) is 6.35. The summed E-state index contributed by atoms with van der Waals surface area (Å²) in [5.74, 6) is 1.46. The summed E-state index contributed by atoms with van der Waals surface area (Å²) in [6.07, 6.45) is 7.51. The Hall–Kier alpha value is -2.11. The molecule has 0 aromatic carbocycles. The number of nitrogens with zero attached hydrogens (tertiary/aromatic N) is 3. The molecule has 41 heavy (non-hydrogen) atoms. The van der Waals surface area contributed by atoms with E-state index in [1.807, 2.05) is 27.7 Å². The van der Waals surface area contributed by atoms with E-state index >= 15 is 0 Å². The number of thioether (sulfide) groups is 1. The molecule has 1 aromatic heterocycles. The largest absolute Gasteiger partial charge is 0.465 e. The summed E-state index contributed by atoms with van der Waals surface area (Å²) in [4.78, 5) is 36.2. The van der Waals surface area contributed by atoms with Crippen LogP contribution in [0.3, 0.4) is 0 Å². The lowest BCUT2D eigenvalue weighted by Crippen LogP contribution is -2.55. The monoisotopic (exact) mass is 594 g/mol. The lowest BCUT2D eigenvalue weighted by Gasteiger charge is -2.43. The Kier molecular flexibility index (Phi) is 12.5. The second-order valence-electron chi connectivity index (χ2n) is 12.3. The zero-order valence-electron chi connectivity index (χ0n) is 25.7. The summed E-state index contributed by atoms with van der Waals surface area (Å²) in [5.41, 5.74) is -0.227. The van der Waals surface area contributed by atoms with Gasteiger partial charge < -0.3 is 29.5 Å². The van der Waals surface area contributed by atoms with Crippen molar-refractivity contribution in [3.8, 4) is 0 Å². The summed E-state index contributed by atoms with van der Waals surface area (Å²) in [7, 11) is 0. The summed E-state index contributed by atoms with van der Waals surface area (Å²) < 4.78 is 17.0. The van der Waals surface area contributed by atoms with Gasteiger partial charge in [-0.05, 0) is 52.9 Å². The second-order valence-corrected chi connectivity index (χ2v) is 13.4. The molecule has 0 bridgehead atoms. The molecule has 10 nitrogen and oxygen atoms in total. The number of anilines is 1. The van der Waals surface area contributed by atoms with Gasteiger partial charge in [0, 0.05) is 24.3 Å². The van der Waals surface area contributed by atoms with Gasteiger partial charge in [0.1, 0.15) is 16.3 Å². The Labute approximate surface area is 249 Å². The quantitative estimate of drug-likeness (QED) is 0.235. The van der Waals surface area contributed by atoms with Gasteiger partial charge in [0.15, 0.2) is 5.82 Å². The van der Waals surface area contributed by atoms with E-state index in [0.29, 0.717) is 60.9 Å². The molecular weight excluding hydrogens is 544 g/mol. The minimum absolute atomic E-state index is 0.107. The highest BCUT2D eigenvalue weighted by atomic mass is 32.2. The highest BCUT2D eigenvalue weighted by Crippen LogP contribution is 2.43. The predicted molar refractivity (Wildman–Crippen MR) is 160 cm³/mol. The smallest absolute Gasteiger partial charge is 0.407 e. The molecule has 2 fully saturated rings. The summed E-state index contributed by atoms with van der Waals surface area (Å²) in [6.45, 7) is 14.1. The van der Waals surface area contributed by atoms with Crippen LogP contribution in [0.1, 0.15) is 92.2 Å². The lowest BCUT2D eigenvalue weighted by atomic mass is 9.73. The molecule has 2 saturated heterocycles. The first-order valence-electron chi connectivity index (χ1n) is 15.1. The molecule has 2 aliphatic heterocycles. The number of hydrogen-bond acceptors (Lipinski definition) is 10. The first-order chi connectivity index (χ1) is 19.5. The van der Waals surface area contributed by atoms with E-state index in [9.17, 15) is 14.7 Å². The van der Waals surface area contributed by atoms with Gasteiger partial charge in [0.2, 0.25) is 0 Å². The number of esters is 1. The van der Waals surface area contributed by atoms with Crippen LogP contribution >= 0.6 is 11.8 Å². The van der Waals surface area contributed by atoms with Crippen molar-refractivity contribution in [1.29, 1.82) is 0 Å². The van der Waals surface area contributed by atoms with E-state index in [2.05, 4.69) is 34.0 Å². The van der Waals surface area contributed by atoms with Crippen LogP contribution in [0.5, 0.6) is 0 Å². The number of aliphatic hydroxyl groups is 1. The van der Waals surface area contributed by atoms with Gasteiger partial charge in [-0.15, -0.1) is 11.8 Å². The number of aliphatic hydroxyl groups excluding tert-OH is 1. The second kappa shape index (κ2) is 15.4. The lowest BCUT2D eigenvalue weighted by molar-refractivity contribution is -0.144. The number of ether oxygens (including phenoxy) is 3. The third-order valence-corrected chi connectivity index (χ3v) is 8.92. The molecule has 2 N–H and O–H groups in total. The number of nitrogens with one attached hydrogen (secondary N) is 1. The number of carbonyl (C=O) groups is 2. The molecule has 3 atom stereocenters. The normalized spacial score (nSPS) is 21.1. The molecular formula is C30H50N4O6S. The highest BCUT2D eigenvalue weighted by Gasteiger charge is 2.50. The number of rotatable bonds is 13. The van der Waals surface area contributed by atoms with E-state index in [0.717, 1.165) is 38.5 Å². The van der Waals surface area contributed by atoms with Crippen molar-refractivity contribution in [1.82, 2.24) is 15.3 Å². The molecule has 1 amide bonds. The molecule has 1 unspecified atom stereocenters. The summed E-state index contributed by atoms with van der Waals surface area (Å²) in [5, 5.41) is 13.8. The maximum absolute atomic E-state index is 12.5. The van der Waals surface area contributed by atoms with Crippen LogP contribution in [0.25, 0.3) is 0 Å². The van der Waals surface area contributed by atoms with Crippen LogP contribution in [-0.2, 0) is 25.6 Å². The maximum atomic E-state index is 12.5. The SMILES string of the molecule is CCCCC(CC)COC(=O)CCSc1cnc(N2CCC3(CC2)CO[C@@H](C)[C@H]3NC(=O)OC(C)(C)C)c(CO)n1. The number of unbranched alkanes of at least 4 members (excludes halogenated alkanes) is 1. The van der Waals surface area contributed by atoms with Gasteiger partial charge >= 0.3 is 12.1 Å². The number of piperidine rings is 1. The van der Waals surface area contributed by atoms with Gasteiger partial charge in [-0.2, -0.15) is 0 Å². The van der Waals surface area contributed by atoms with Crippen molar-refractivity contribution in [2.45, 2.75) is 116 Å². The van der Waals surface area contributed by atoms with E-state index in [1.165, 1.54) is 11.8 Å². The molecule has 1 aromatic rings. The van der Waals surface area contributed by atoms with Gasteiger partial charge in [0.25, 0.3) is 0 Å². The molecule has 1 spiro atoms. The molecule has 232 valence electrons. The van der Waals surface area contributed by atoms with Crippen LogP contribution in [-0.4, -0.2) is 76.9 Å². The first-order valence-corrected chi connectivity index (χ1v) is 16.1.